The number of likely N-dealkylation sites (tertiary alicyclic amines) is 1. The molecule has 2 N–H and O–H groups in total. The Balaban J connectivity index is 1.31. The Morgan fingerprint density at radius 1 is 1.10 bits per heavy atom. The van der Waals surface area contributed by atoms with Gasteiger partial charge in [-0.2, -0.15) is 0 Å². The maximum atomic E-state index is 13.5. The number of allylic oxidation sites excluding steroid dienone is 1. The van der Waals surface area contributed by atoms with Crippen LogP contribution >= 0.6 is 11.3 Å². The molecule has 1 fully saturated rings. The highest BCUT2D eigenvalue weighted by molar-refractivity contribution is 7.21. The zero-order chi connectivity index (χ0) is 26.9. The van der Waals surface area contributed by atoms with Crippen molar-refractivity contribution in [3.05, 3.63) is 83.9 Å². The minimum absolute atomic E-state index is 0.0501. The number of piperidine rings is 1. The monoisotopic (exact) mass is 537 g/mol. The molecule has 4 amide bonds. The lowest BCUT2D eigenvalue weighted by atomic mass is 10.0. The molecule has 2 aromatic heterocycles. The number of thiophene rings is 1. The fourth-order valence-corrected chi connectivity index (χ4v) is 6.27. The standard InChI is InChI=1S/C30H27N5O3S/c1-2-8-24(36)34-16-7-12-21(18-34)32-28(37)27-26-25-23(14-15-31-29(25)39-27)35(30(38)33-26)22-13-6-11-20(17-22)19-9-4-3-5-10-19/h2-6,8-11,13-15,17,21H,7,12,16,18H2,1H3,(H,32,37)(H,33,38)/b8-2+/t21-/m1/s1. The quantitative estimate of drug-likeness (QED) is 0.308. The Morgan fingerprint density at radius 3 is 2.74 bits per heavy atom. The van der Waals surface area contributed by atoms with Crippen LogP contribution in [0.5, 0.6) is 0 Å². The molecule has 4 aromatic rings. The zero-order valence-corrected chi connectivity index (χ0v) is 22.2. The van der Waals surface area contributed by atoms with Crippen molar-refractivity contribution in [2.24, 2.45) is 0 Å². The van der Waals surface area contributed by atoms with E-state index >= 15 is 0 Å². The number of carbonyl (C=O) groups is 3. The maximum absolute atomic E-state index is 13.5. The summed E-state index contributed by atoms with van der Waals surface area (Å²) in [5.74, 6) is -0.324. The predicted octanol–water partition coefficient (Wildman–Crippen LogP) is 5.94. The molecule has 9 heteroatoms. The van der Waals surface area contributed by atoms with Gasteiger partial charge in [0.15, 0.2) is 0 Å². The molecule has 0 saturated carbocycles. The SMILES string of the molecule is C/C=C/C(=O)N1CCC[C@@H](NC(=O)c2sc3nccc4c3c2NC(=O)N4c2cccc(-c3ccccc3)c2)C1. The number of urea groups is 1. The van der Waals surface area contributed by atoms with Gasteiger partial charge in [0.05, 0.1) is 22.4 Å². The van der Waals surface area contributed by atoms with Crippen LogP contribution in [0.4, 0.5) is 21.9 Å². The lowest BCUT2D eigenvalue weighted by Crippen LogP contribution is -2.49. The van der Waals surface area contributed by atoms with Crippen molar-refractivity contribution in [3.63, 3.8) is 0 Å². The van der Waals surface area contributed by atoms with Crippen LogP contribution in [0.15, 0.2) is 79.0 Å². The van der Waals surface area contributed by atoms with Crippen molar-refractivity contribution in [2.75, 3.05) is 23.3 Å². The second-order valence-electron chi connectivity index (χ2n) is 9.60. The Labute approximate surface area is 230 Å². The number of hydrogen-bond acceptors (Lipinski definition) is 5. The van der Waals surface area contributed by atoms with E-state index in [1.54, 1.807) is 34.2 Å². The molecule has 0 spiro atoms. The normalized spacial score (nSPS) is 16.9. The van der Waals surface area contributed by atoms with E-state index in [0.29, 0.717) is 34.2 Å². The molecule has 0 bridgehead atoms. The number of pyridine rings is 1. The van der Waals surface area contributed by atoms with E-state index in [9.17, 15) is 14.4 Å². The molecular formula is C30H27N5O3S. The molecule has 0 unspecified atom stereocenters. The molecule has 0 radical (unpaired) electrons. The van der Waals surface area contributed by atoms with Crippen LogP contribution in [-0.2, 0) is 4.79 Å². The van der Waals surface area contributed by atoms with Gasteiger partial charge in [0.1, 0.15) is 9.71 Å². The summed E-state index contributed by atoms with van der Waals surface area (Å²) in [5.41, 5.74) is 3.93. The van der Waals surface area contributed by atoms with Gasteiger partial charge in [0.25, 0.3) is 5.91 Å². The molecule has 8 nitrogen and oxygen atoms in total. The van der Waals surface area contributed by atoms with E-state index < -0.39 is 0 Å². The summed E-state index contributed by atoms with van der Waals surface area (Å²) in [6.07, 6.45) is 6.53. The first-order valence-corrected chi connectivity index (χ1v) is 13.8. The highest BCUT2D eigenvalue weighted by Gasteiger charge is 2.34. The van der Waals surface area contributed by atoms with Gasteiger partial charge in [-0.3, -0.25) is 14.5 Å². The average Bonchev–Trinajstić information content (AvgIpc) is 3.33. The third-order valence-electron chi connectivity index (χ3n) is 7.04. The minimum atomic E-state index is -0.339. The number of rotatable bonds is 5. The summed E-state index contributed by atoms with van der Waals surface area (Å²) < 4.78 is 0. The molecule has 2 aliphatic rings. The largest absolute Gasteiger partial charge is 0.347 e. The topological polar surface area (TPSA) is 94.6 Å². The van der Waals surface area contributed by atoms with Gasteiger partial charge in [-0.05, 0) is 55.2 Å². The highest BCUT2D eigenvalue weighted by atomic mass is 32.1. The zero-order valence-electron chi connectivity index (χ0n) is 21.4. The molecule has 196 valence electrons. The van der Waals surface area contributed by atoms with E-state index in [0.717, 1.165) is 35.0 Å². The summed E-state index contributed by atoms with van der Waals surface area (Å²) in [7, 11) is 0. The van der Waals surface area contributed by atoms with E-state index in [-0.39, 0.29) is 23.9 Å². The van der Waals surface area contributed by atoms with Crippen LogP contribution < -0.4 is 15.5 Å². The number of aromatic nitrogens is 1. The number of hydrogen-bond donors (Lipinski definition) is 2. The van der Waals surface area contributed by atoms with E-state index in [4.69, 9.17) is 0 Å². The highest BCUT2D eigenvalue weighted by Crippen LogP contribution is 2.46. The van der Waals surface area contributed by atoms with Gasteiger partial charge < -0.3 is 15.5 Å². The number of amides is 4. The second kappa shape index (κ2) is 10.3. The van der Waals surface area contributed by atoms with Gasteiger partial charge in [-0.15, -0.1) is 11.3 Å². The summed E-state index contributed by atoms with van der Waals surface area (Å²) in [6.45, 7) is 2.94. The van der Waals surface area contributed by atoms with Crippen molar-refractivity contribution in [1.29, 1.82) is 0 Å². The molecule has 0 aliphatic carbocycles. The molecular weight excluding hydrogens is 510 g/mol. The van der Waals surface area contributed by atoms with Crippen LogP contribution in [0.3, 0.4) is 0 Å². The van der Waals surface area contributed by atoms with Gasteiger partial charge in [-0.25, -0.2) is 9.78 Å². The third kappa shape index (κ3) is 4.66. The summed E-state index contributed by atoms with van der Waals surface area (Å²) >= 11 is 1.26. The van der Waals surface area contributed by atoms with Crippen LogP contribution in [-0.4, -0.2) is 46.9 Å². The molecule has 2 aromatic carbocycles. The number of anilines is 3. The maximum Gasteiger partial charge on any atom is 0.331 e. The number of carbonyl (C=O) groups excluding carboxylic acids is 3. The first-order valence-electron chi connectivity index (χ1n) is 12.9. The summed E-state index contributed by atoms with van der Waals surface area (Å²) in [6, 6.07) is 19.1. The van der Waals surface area contributed by atoms with Crippen molar-refractivity contribution in [3.8, 4) is 11.1 Å². The molecule has 4 heterocycles. The van der Waals surface area contributed by atoms with Gasteiger partial charge in [0, 0.05) is 25.3 Å². The molecule has 1 atom stereocenters. The van der Waals surface area contributed by atoms with Crippen LogP contribution in [0.25, 0.3) is 21.3 Å². The predicted molar refractivity (Wildman–Crippen MR) is 155 cm³/mol. The van der Waals surface area contributed by atoms with Crippen molar-refractivity contribution in [1.82, 2.24) is 15.2 Å². The number of benzene rings is 2. The Kier molecular flexibility index (Phi) is 6.58. The third-order valence-corrected chi connectivity index (χ3v) is 8.14. The summed E-state index contributed by atoms with van der Waals surface area (Å²) in [5, 5.41) is 6.79. The molecule has 1 saturated heterocycles. The fraction of sp³-hybridized carbons (Fsp3) is 0.200. The Bertz CT molecular complexity index is 1610. The number of nitrogens with zero attached hydrogens (tertiary/aromatic N) is 3. The van der Waals surface area contributed by atoms with Crippen molar-refractivity contribution >= 4 is 56.5 Å². The van der Waals surface area contributed by atoms with E-state index in [1.807, 2.05) is 61.5 Å². The van der Waals surface area contributed by atoms with Crippen LogP contribution in [0, 0.1) is 0 Å². The molecule has 2 aliphatic heterocycles. The van der Waals surface area contributed by atoms with Gasteiger partial charge >= 0.3 is 6.03 Å². The summed E-state index contributed by atoms with van der Waals surface area (Å²) in [4.78, 5) is 48.2. The van der Waals surface area contributed by atoms with Gasteiger partial charge in [-0.1, -0.05) is 48.5 Å². The van der Waals surface area contributed by atoms with Crippen LogP contribution in [0.2, 0.25) is 0 Å². The Hall–Kier alpha value is -4.50. The van der Waals surface area contributed by atoms with E-state index in [1.165, 1.54) is 11.3 Å². The van der Waals surface area contributed by atoms with E-state index in [2.05, 4.69) is 15.6 Å². The van der Waals surface area contributed by atoms with Gasteiger partial charge in [0.2, 0.25) is 5.91 Å². The average molecular weight is 538 g/mol. The molecule has 39 heavy (non-hydrogen) atoms. The first kappa shape index (κ1) is 24.8. The Morgan fingerprint density at radius 2 is 1.92 bits per heavy atom. The fourth-order valence-electron chi connectivity index (χ4n) is 5.25. The minimum Gasteiger partial charge on any atom is -0.347 e. The smallest absolute Gasteiger partial charge is 0.331 e. The first-order chi connectivity index (χ1) is 19.0. The lowest BCUT2D eigenvalue weighted by Gasteiger charge is -2.32. The van der Waals surface area contributed by atoms with Crippen molar-refractivity contribution < 1.29 is 14.4 Å². The number of nitrogens with one attached hydrogen (secondary N) is 2. The van der Waals surface area contributed by atoms with Crippen LogP contribution in [0.1, 0.15) is 29.4 Å². The lowest BCUT2D eigenvalue weighted by molar-refractivity contribution is -0.127. The van der Waals surface area contributed by atoms with Crippen molar-refractivity contribution in [2.45, 2.75) is 25.8 Å². The molecule has 6 rings (SSSR count). The second-order valence-corrected chi connectivity index (χ2v) is 10.6.